The quantitative estimate of drug-likeness (QED) is 0.773. The van der Waals surface area contributed by atoms with Crippen molar-refractivity contribution in [2.24, 2.45) is 0 Å². The second-order valence-electron chi connectivity index (χ2n) is 3.95. The number of hydrogen-bond acceptors (Lipinski definition) is 2. The molecule has 2 rings (SSSR count). The number of carbonyl (C=O) groups is 1. The van der Waals surface area contributed by atoms with Crippen molar-refractivity contribution in [2.75, 3.05) is 7.11 Å². The van der Waals surface area contributed by atoms with Crippen LogP contribution in [0, 0.1) is 0 Å². The summed E-state index contributed by atoms with van der Waals surface area (Å²) in [6.07, 6.45) is 0. The van der Waals surface area contributed by atoms with Gasteiger partial charge in [0.05, 0.1) is 12.1 Å². The molecule has 3 heteroatoms. The van der Waals surface area contributed by atoms with Crippen molar-refractivity contribution in [3.63, 3.8) is 0 Å². The van der Waals surface area contributed by atoms with E-state index in [9.17, 15) is 4.79 Å². The van der Waals surface area contributed by atoms with E-state index in [4.69, 9.17) is 16.3 Å². The van der Waals surface area contributed by atoms with E-state index in [1.165, 1.54) is 0 Å². The Kier molecular flexibility index (Phi) is 3.68. The van der Waals surface area contributed by atoms with E-state index in [0.717, 1.165) is 11.1 Å². The molecule has 0 aromatic heterocycles. The summed E-state index contributed by atoms with van der Waals surface area (Å²) in [6, 6.07) is 13.0. The Labute approximate surface area is 111 Å². The van der Waals surface area contributed by atoms with E-state index >= 15 is 0 Å². The Bertz CT molecular complexity index is 591. The molecule has 0 spiro atoms. The van der Waals surface area contributed by atoms with Crippen molar-refractivity contribution >= 4 is 17.4 Å². The van der Waals surface area contributed by atoms with Crippen molar-refractivity contribution in [1.82, 2.24) is 0 Å². The van der Waals surface area contributed by atoms with Crippen LogP contribution in [0.5, 0.6) is 5.75 Å². The SMILES string of the molecule is COc1ccc(-c2ccccc2C(C)=O)cc1Cl. The maximum absolute atomic E-state index is 11.6. The molecule has 18 heavy (non-hydrogen) atoms. The lowest BCUT2D eigenvalue weighted by atomic mass is 9.97. The number of ketones is 1. The Hall–Kier alpha value is -1.80. The molecule has 0 atom stereocenters. The monoisotopic (exact) mass is 260 g/mol. The second-order valence-corrected chi connectivity index (χ2v) is 4.36. The van der Waals surface area contributed by atoms with E-state index in [-0.39, 0.29) is 5.78 Å². The molecule has 0 heterocycles. The van der Waals surface area contributed by atoms with Crippen LogP contribution in [-0.4, -0.2) is 12.9 Å². The highest BCUT2D eigenvalue weighted by Gasteiger charge is 2.10. The van der Waals surface area contributed by atoms with E-state index in [1.807, 2.05) is 36.4 Å². The molecule has 0 aliphatic carbocycles. The summed E-state index contributed by atoms with van der Waals surface area (Å²) < 4.78 is 5.11. The van der Waals surface area contributed by atoms with Gasteiger partial charge >= 0.3 is 0 Å². The molecule has 2 aromatic rings. The second kappa shape index (κ2) is 5.23. The van der Waals surface area contributed by atoms with Gasteiger partial charge in [-0.1, -0.05) is 41.9 Å². The molecule has 0 saturated heterocycles. The average molecular weight is 261 g/mol. The van der Waals surface area contributed by atoms with Gasteiger partial charge in [-0.3, -0.25) is 4.79 Å². The fraction of sp³-hybridized carbons (Fsp3) is 0.133. The minimum absolute atomic E-state index is 0.0394. The number of hydrogen-bond donors (Lipinski definition) is 0. The summed E-state index contributed by atoms with van der Waals surface area (Å²) in [6.45, 7) is 1.56. The molecule has 0 N–H and O–H groups in total. The zero-order valence-electron chi connectivity index (χ0n) is 10.2. The van der Waals surface area contributed by atoms with Crippen LogP contribution in [0.3, 0.4) is 0 Å². The maximum atomic E-state index is 11.6. The fourth-order valence-corrected chi connectivity index (χ4v) is 2.13. The lowest BCUT2D eigenvalue weighted by Gasteiger charge is -2.09. The number of rotatable bonds is 3. The predicted molar refractivity (Wildman–Crippen MR) is 73.4 cm³/mol. The van der Waals surface area contributed by atoms with Crippen LogP contribution in [-0.2, 0) is 0 Å². The van der Waals surface area contributed by atoms with Crippen molar-refractivity contribution in [3.8, 4) is 16.9 Å². The molecule has 2 aromatic carbocycles. The van der Waals surface area contributed by atoms with Gasteiger partial charge in [0.15, 0.2) is 5.78 Å². The molecular weight excluding hydrogens is 248 g/mol. The van der Waals surface area contributed by atoms with E-state index in [0.29, 0.717) is 16.3 Å². The van der Waals surface area contributed by atoms with Gasteiger partial charge in [0.25, 0.3) is 0 Å². The predicted octanol–water partition coefficient (Wildman–Crippen LogP) is 4.22. The van der Waals surface area contributed by atoms with E-state index < -0.39 is 0 Å². The van der Waals surface area contributed by atoms with Crippen molar-refractivity contribution in [2.45, 2.75) is 6.92 Å². The highest BCUT2D eigenvalue weighted by Crippen LogP contribution is 2.31. The largest absolute Gasteiger partial charge is 0.495 e. The van der Waals surface area contributed by atoms with Gasteiger partial charge in [-0.2, -0.15) is 0 Å². The van der Waals surface area contributed by atoms with Crippen molar-refractivity contribution in [1.29, 1.82) is 0 Å². The van der Waals surface area contributed by atoms with Crippen LogP contribution in [0.15, 0.2) is 42.5 Å². The summed E-state index contributed by atoms with van der Waals surface area (Å²) >= 11 is 6.10. The van der Waals surface area contributed by atoms with Crippen LogP contribution < -0.4 is 4.74 Å². The molecule has 0 saturated carbocycles. The average Bonchev–Trinajstić information content (AvgIpc) is 2.38. The third-order valence-electron chi connectivity index (χ3n) is 2.77. The Balaban J connectivity index is 2.55. The van der Waals surface area contributed by atoms with Crippen LogP contribution >= 0.6 is 11.6 Å². The fourth-order valence-electron chi connectivity index (χ4n) is 1.88. The number of ether oxygens (including phenoxy) is 1. The number of halogens is 1. The van der Waals surface area contributed by atoms with Gasteiger partial charge < -0.3 is 4.74 Å². The minimum atomic E-state index is 0.0394. The number of benzene rings is 2. The molecule has 0 fully saturated rings. The summed E-state index contributed by atoms with van der Waals surface area (Å²) in [5.74, 6) is 0.665. The van der Waals surface area contributed by atoms with Crippen LogP contribution in [0.25, 0.3) is 11.1 Å². The van der Waals surface area contributed by atoms with Gasteiger partial charge in [-0.15, -0.1) is 0 Å². The Morgan fingerprint density at radius 3 is 2.50 bits per heavy atom. The van der Waals surface area contributed by atoms with Gasteiger partial charge in [-0.25, -0.2) is 0 Å². The van der Waals surface area contributed by atoms with Gasteiger partial charge in [0.1, 0.15) is 5.75 Å². The number of Topliss-reactive ketones (excluding diaryl/α,β-unsaturated/α-hetero) is 1. The first-order chi connectivity index (χ1) is 8.63. The van der Waals surface area contributed by atoms with Gasteiger partial charge in [0, 0.05) is 5.56 Å². The molecule has 0 aliphatic heterocycles. The molecule has 0 unspecified atom stereocenters. The molecule has 0 radical (unpaired) electrons. The highest BCUT2D eigenvalue weighted by molar-refractivity contribution is 6.32. The first-order valence-electron chi connectivity index (χ1n) is 5.57. The molecule has 0 amide bonds. The third-order valence-corrected chi connectivity index (χ3v) is 3.06. The lowest BCUT2D eigenvalue weighted by Crippen LogP contribution is -1.95. The summed E-state index contributed by atoms with van der Waals surface area (Å²) in [7, 11) is 1.57. The lowest BCUT2D eigenvalue weighted by molar-refractivity contribution is 0.101. The maximum Gasteiger partial charge on any atom is 0.160 e. The number of methoxy groups -OCH3 is 1. The first kappa shape index (κ1) is 12.7. The molecule has 0 aliphatic rings. The normalized spacial score (nSPS) is 10.2. The summed E-state index contributed by atoms with van der Waals surface area (Å²) in [4.78, 5) is 11.6. The van der Waals surface area contributed by atoms with Crippen molar-refractivity contribution in [3.05, 3.63) is 53.1 Å². The van der Waals surface area contributed by atoms with Gasteiger partial charge in [-0.05, 0) is 30.2 Å². The van der Waals surface area contributed by atoms with E-state index in [2.05, 4.69) is 0 Å². The Morgan fingerprint density at radius 1 is 1.17 bits per heavy atom. The third kappa shape index (κ3) is 2.39. The smallest absolute Gasteiger partial charge is 0.160 e. The van der Waals surface area contributed by atoms with Crippen LogP contribution in [0.4, 0.5) is 0 Å². The molecule has 92 valence electrons. The Morgan fingerprint density at radius 2 is 1.89 bits per heavy atom. The van der Waals surface area contributed by atoms with Crippen molar-refractivity contribution < 1.29 is 9.53 Å². The topological polar surface area (TPSA) is 26.3 Å². The molecule has 2 nitrogen and oxygen atoms in total. The van der Waals surface area contributed by atoms with E-state index in [1.54, 1.807) is 20.1 Å². The zero-order chi connectivity index (χ0) is 13.1. The minimum Gasteiger partial charge on any atom is -0.495 e. The standard InChI is InChI=1S/C15H13ClO2/c1-10(17)12-5-3-4-6-13(12)11-7-8-15(18-2)14(16)9-11/h3-9H,1-2H3. The highest BCUT2D eigenvalue weighted by atomic mass is 35.5. The zero-order valence-corrected chi connectivity index (χ0v) is 11.0. The molecular formula is C15H13ClO2. The summed E-state index contributed by atoms with van der Waals surface area (Å²) in [5.41, 5.74) is 2.49. The number of carbonyl (C=O) groups excluding carboxylic acids is 1. The van der Waals surface area contributed by atoms with Crippen LogP contribution in [0.1, 0.15) is 17.3 Å². The van der Waals surface area contributed by atoms with Gasteiger partial charge in [0.2, 0.25) is 0 Å². The van der Waals surface area contributed by atoms with Crippen LogP contribution in [0.2, 0.25) is 5.02 Å². The summed E-state index contributed by atoms with van der Waals surface area (Å²) in [5, 5.41) is 0.536. The first-order valence-corrected chi connectivity index (χ1v) is 5.95. The molecule has 0 bridgehead atoms.